The molecule has 4 heteroatoms. The number of hydrogen-bond donors (Lipinski definition) is 0. The Morgan fingerprint density at radius 3 is 1.78 bits per heavy atom. The molecule has 18 heavy (non-hydrogen) atoms. The van der Waals surface area contributed by atoms with E-state index in [0.717, 1.165) is 16.7 Å². The molecule has 2 heterocycles. The van der Waals surface area contributed by atoms with Gasteiger partial charge in [0.25, 0.3) is 0 Å². The fourth-order valence-electron chi connectivity index (χ4n) is 2.34. The van der Waals surface area contributed by atoms with Crippen molar-refractivity contribution in [1.82, 2.24) is 4.57 Å². The zero-order chi connectivity index (χ0) is 13.0. The summed E-state index contributed by atoms with van der Waals surface area (Å²) < 4.78 is 2.12. The van der Waals surface area contributed by atoms with E-state index < -0.39 is 0 Å². The predicted molar refractivity (Wildman–Crippen MR) is 79.0 cm³/mol. The number of hydrogen-bond acceptors (Lipinski definition) is 0. The van der Waals surface area contributed by atoms with Crippen LogP contribution in [-0.2, 0) is 0 Å². The monoisotopic (exact) mass is 297 g/mol. The fourth-order valence-corrected chi connectivity index (χ4v) is 2.97. The normalized spacial score (nSPS) is 11.6. The molecule has 0 N–H and O–H groups in total. The fraction of sp³-hybridized carbons (Fsp3) is 0.143. The van der Waals surface area contributed by atoms with Crippen LogP contribution >= 0.6 is 34.8 Å². The van der Waals surface area contributed by atoms with Crippen LogP contribution in [0.15, 0.2) is 24.3 Å². The minimum atomic E-state index is 0.473. The van der Waals surface area contributed by atoms with Crippen LogP contribution in [0.2, 0.25) is 15.1 Å². The molecule has 3 aromatic rings. The van der Waals surface area contributed by atoms with E-state index >= 15 is 0 Å². The Morgan fingerprint density at radius 1 is 0.722 bits per heavy atom. The lowest BCUT2D eigenvalue weighted by molar-refractivity contribution is 1.19. The first kappa shape index (κ1) is 12.2. The van der Waals surface area contributed by atoms with Crippen molar-refractivity contribution in [3.63, 3.8) is 0 Å². The molecule has 0 spiro atoms. The van der Waals surface area contributed by atoms with Gasteiger partial charge in [-0.3, -0.25) is 0 Å². The number of nitrogens with zero attached hydrogens (tertiary/aromatic N) is 1. The van der Waals surface area contributed by atoms with E-state index in [1.165, 1.54) is 11.1 Å². The standard InChI is InChI=1S/C14H10Cl3N/c1-7-3-13-8(2)4-12(7)18(13)14-6-10(16)9(15)5-11(14)17/h3-6H,1-2H3. The number of halogens is 3. The third-order valence-electron chi connectivity index (χ3n) is 3.23. The average Bonchev–Trinajstić information content (AvgIpc) is 2.77. The summed E-state index contributed by atoms with van der Waals surface area (Å²) in [6.45, 7) is 4.17. The molecule has 2 bridgehead atoms. The Labute approximate surface area is 120 Å². The molecule has 0 fully saturated rings. The Bertz CT molecular complexity index is 708. The van der Waals surface area contributed by atoms with E-state index in [1.54, 1.807) is 6.07 Å². The van der Waals surface area contributed by atoms with Crippen molar-refractivity contribution in [2.24, 2.45) is 0 Å². The molecule has 1 aromatic carbocycles. The molecule has 0 aliphatic heterocycles. The average molecular weight is 299 g/mol. The molecule has 1 nitrogen and oxygen atoms in total. The zero-order valence-electron chi connectivity index (χ0n) is 9.89. The highest BCUT2D eigenvalue weighted by Crippen LogP contribution is 2.36. The zero-order valence-corrected chi connectivity index (χ0v) is 12.2. The van der Waals surface area contributed by atoms with Gasteiger partial charge in [-0.25, -0.2) is 0 Å². The highest BCUT2D eigenvalue weighted by atomic mass is 35.5. The van der Waals surface area contributed by atoms with Gasteiger partial charge in [0, 0.05) is 11.0 Å². The molecular formula is C14H10Cl3N. The third kappa shape index (κ3) is 1.62. The maximum Gasteiger partial charge on any atom is 0.0664 e. The first-order chi connectivity index (χ1) is 8.49. The quantitative estimate of drug-likeness (QED) is 0.512. The third-order valence-corrected chi connectivity index (χ3v) is 4.25. The Morgan fingerprint density at radius 2 is 1.22 bits per heavy atom. The number of fused-ring (bicyclic) bond motifs is 2. The van der Waals surface area contributed by atoms with Crippen molar-refractivity contribution >= 4 is 45.8 Å². The van der Waals surface area contributed by atoms with Gasteiger partial charge in [0.05, 0.1) is 20.8 Å². The summed E-state index contributed by atoms with van der Waals surface area (Å²) >= 11 is 18.3. The molecule has 3 rings (SSSR count). The summed E-state index contributed by atoms with van der Waals surface area (Å²) in [6, 6.07) is 7.81. The van der Waals surface area contributed by atoms with Crippen molar-refractivity contribution in [2.45, 2.75) is 13.8 Å². The number of rotatable bonds is 1. The maximum absolute atomic E-state index is 6.28. The highest BCUT2D eigenvalue weighted by Gasteiger charge is 2.16. The summed E-state index contributed by atoms with van der Waals surface area (Å²) in [4.78, 5) is 0. The van der Waals surface area contributed by atoms with Gasteiger partial charge < -0.3 is 4.57 Å². The lowest BCUT2D eigenvalue weighted by Gasteiger charge is -2.09. The first-order valence-electron chi connectivity index (χ1n) is 5.55. The predicted octanol–water partition coefficient (Wildman–Crippen LogP) is 5.65. The summed E-state index contributed by atoms with van der Waals surface area (Å²) in [5.41, 5.74) is 5.65. The molecule has 0 aliphatic rings. The van der Waals surface area contributed by atoms with E-state index in [0.29, 0.717) is 15.1 Å². The Hall–Kier alpha value is -0.890. The van der Waals surface area contributed by atoms with Crippen LogP contribution in [0.25, 0.3) is 16.7 Å². The lowest BCUT2D eigenvalue weighted by atomic mass is 10.2. The van der Waals surface area contributed by atoms with Crippen molar-refractivity contribution in [1.29, 1.82) is 0 Å². The summed E-state index contributed by atoms with van der Waals surface area (Å²) in [5.74, 6) is 0. The molecule has 0 atom stereocenters. The molecule has 0 saturated carbocycles. The summed E-state index contributed by atoms with van der Waals surface area (Å²) in [5, 5.41) is 1.59. The molecular weight excluding hydrogens is 289 g/mol. The number of aryl methyl sites for hydroxylation is 2. The van der Waals surface area contributed by atoms with Crippen LogP contribution in [0.3, 0.4) is 0 Å². The van der Waals surface area contributed by atoms with Crippen LogP contribution in [0.5, 0.6) is 0 Å². The van der Waals surface area contributed by atoms with Gasteiger partial charge in [0.2, 0.25) is 0 Å². The first-order valence-corrected chi connectivity index (χ1v) is 6.68. The van der Waals surface area contributed by atoms with Gasteiger partial charge in [0.1, 0.15) is 0 Å². The minimum Gasteiger partial charge on any atom is -0.308 e. The van der Waals surface area contributed by atoms with E-state index in [1.807, 2.05) is 6.07 Å². The van der Waals surface area contributed by atoms with Crippen LogP contribution in [0, 0.1) is 13.8 Å². The van der Waals surface area contributed by atoms with E-state index in [-0.39, 0.29) is 0 Å². The van der Waals surface area contributed by atoms with Gasteiger partial charge >= 0.3 is 0 Å². The van der Waals surface area contributed by atoms with Crippen LogP contribution in [0.1, 0.15) is 11.1 Å². The van der Waals surface area contributed by atoms with Crippen LogP contribution in [0.4, 0.5) is 0 Å². The molecule has 0 aliphatic carbocycles. The smallest absolute Gasteiger partial charge is 0.0664 e. The lowest BCUT2D eigenvalue weighted by Crippen LogP contribution is -1.92. The summed E-state index contributed by atoms with van der Waals surface area (Å²) in [6.07, 6.45) is 0. The second-order valence-corrected chi connectivity index (χ2v) is 5.70. The van der Waals surface area contributed by atoms with Crippen LogP contribution in [-0.4, -0.2) is 4.57 Å². The van der Waals surface area contributed by atoms with Crippen molar-refractivity contribution < 1.29 is 0 Å². The largest absolute Gasteiger partial charge is 0.308 e. The van der Waals surface area contributed by atoms with E-state index in [2.05, 4.69) is 30.5 Å². The number of benzene rings is 2. The second kappa shape index (κ2) is 4.06. The van der Waals surface area contributed by atoms with Crippen molar-refractivity contribution in [3.8, 4) is 5.69 Å². The Balaban J connectivity index is 2.35. The SMILES string of the molecule is Cc1cc2c(C)cc1n2-c1cc(Cl)c(Cl)cc1Cl. The van der Waals surface area contributed by atoms with Gasteiger partial charge in [-0.05, 0) is 49.2 Å². The molecule has 0 saturated heterocycles. The highest BCUT2D eigenvalue weighted by molar-refractivity contribution is 6.43. The van der Waals surface area contributed by atoms with Gasteiger partial charge in [0.15, 0.2) is 0 Å². The van der Waals surface area contributed by atoms with Gasteiger partial charge in [-0.2, -0.15) is 0 Å². The second-order valence-electron chi connectivity index (χ2n) is 4.48. The minimum absolute atomic E-state index is 0.473. The van der Waals surface area contributed by atoms with Crippen LogP contribution < -0.4 is 0 Å². The topological polar surface area (TPSA) is 4.93 Å². The van der Waals surface area contributed by atoms with Gasteiger partial charge in [-0.1, -0.05) is 34.8 Å². The summed E-state index contributed by atoms with van der Waals surface area (Å²) in [7, 11) is 0. The molecule has 0 unspecified atom stereocenters. The van der Waals surface area contributed by atoms with Crippen molar-refractivity contribution in [3.05, 3.63) is 50.5 Å². The Kier molecular flexibility index (Phi) is 2.74. The van der Waals surface area contributed by atoms with E-state index in [9.17, 15) is 0 Å². The van der Waals surface area contributed by atoms with Gasteiger partial charge in [-0.15, -0.1) is 0 Å². The molecule has 0 amide bonds. The molecule has 2 aromatic heterocycles. The van der Waals surface area contributed by atoms with E-state index in [4.69, 9.17) is 34.8 Å². The maximum atomic E-state index is 6.28. The molecule has 0 radical (unpaired) electrons. The number of aromatic nitrogens is 1. The van der Waals surface area contributed by atoms with Crippen molar-refractivity contribution in [2.75, 3.05) is 0 Å². The molecule has 92 valence electrons.